The van der Waals surface area contributed by atoms with Gasteiger partial charge in [-0.3, -0.25) is 0 Å². The predicted molar refractivity (Wildman–Crippen MR) is 68.6 cm³/mol. The molecule has 0 saturated carbocycles. The van der Waals surface area contributed by atoms with E-state index >= 15 is 0 Å². The summed E-state index contributed by atoms with van der Waals surface area (Å²) >= 11 is 3.33. The van der Waals surface area contributed by atoms with E-state index in [-0.39, 0.29) is 5.82 Å². The molecule has 0 aliphatic carbocycles. The van der Waals surface area contributed by atoms with Gasteiger partial charge in [-0.15, -0.1) is 0 Å². The van der Waals surface area contributed by atoms with Gasteiger partial charge in [0.2, 0.25) is 0 Å². The van der Waals surface area contributed by atoms with Gasteiger partial charge in [-0.2, -0.15) is 0 Å². The molecule has 0 radical (unpaired) electrons. The molecule has 0 bridgehead atoms. The quantitative estimate of drug-likeness (QED) is 0.552. The maximum Gasteiger partial charge on any atom is 0.123 e. The third-order valence-corrected chi connectivity index (χ3v) is 2.95. The molecular formula is C13H18BrFO. The predicted octanol–water partition coefficient (Wildman–Crippen LogP) is 4.54. The second-order valence-electron chi connectivity index (χ2n) is 4.27. The number of halogens is 2. The summed E-state index contributed by atoms with van der Waals surface area (Å²) in [5.41, 5.74) is 0.865. The minimum Gasteiger partial charge on any atom is -0.493 e. The van der Waals surface area contributed by atoms with Gasteiger partial charge in [0.25, 0.3) is 0 Å². The van der Waals surface area contributed by atoms with Crippen LogP contribution >= 0.6 is 15.9 Å². The second kappa shape index (κ2) is 6.89. The van der Waals surface area contributed by atoms with Crippen LogP contribution in [0.3, 0.4) is 0 Å². The summed E-state index contributed by atoms with van der Waals surface area (Å²) in [6.07, 6.45) is 2.20. The van der Waals surface area contributed by atoms with Crippen molar-refractivity contribution in [1.82, 2.24) is 0 Å². The van der Waals surface area contributed by atoms with Crippen LogP contribution < -0.4 is 4.74 Å². The van der Waals surface area contributed by atoms with Crippen LogP contribution in [0.4, 0.5) is 4.39 Å². The molecule has 0 aliphatic rings. The van der Waals surface area contributed by atoms with Crippen molar-refractivity contribution in [2.24, 2.45) is 5.92 Å². The first kappa shape index (κ1) is 13.5. The normalized spacial score (nSPS) is 10.8. The van der Waals surface area contributed by atoms with E-state index in [2.05, 4.69) is 29.8 Å². The maximum atomic E-state index is 13.0. The molecule has 0 amide bonds. The Morgan fingerprint density at radius 3 is 2.75 bits per heavy atom. The summed E-state index contributed by atoms with van der Waals surface area (Å²) in [6.45, 7) is 5.09. The van der Waals surface area contributed by atoms with Gasteiger partial charge >= 0.3 is 0 Å². The molecule has 0 spiro atoms. The van der Waals surface area contributed by atoms with Gasteiger partial charge in [0.1, 0.15) is 11.6 Å². The highest BCUT2D eigenvalue weighted by atomic mass is 79.9. The van der Waals surface area contributed by atoms with Crippen molar-refractivity contribution < 1.29 is 9.13 Å². The van der Waals surface area contributed by atoms with Gasteiger partial charge in [0, 0.05) is 10.9 Å². The molecule has 0 atom stereocenters. The molecule has 1 nitrogen and oxygen atoms in total. The molecule has 0 N–H and O–H groups in total. The number of hydrogen-bond acceptors (Lipinski definition) is 1. The summed E-state index contributed by atoms with van der Waals surface area (Å²) in [6, 6.07) is 4.64. The van der Waals surface area contributed by atoms with Gasteiger partial charge in [0.15, 0.2) is 0 Å². The fourth-order valence-corrected chi connectivity index (χ4v) is 1.91. The van der Waals surface area contributed by atoms with Gasteiger partial charge in [-0.1, -0.05) is 29.8 Å². The van der Waals surface area contributed by atoms with Crippen LogP contribution in [0.25, 0.3) is 0 Å². The van der Waals surface area contributed by atoms with E-state index in [1.807, 2.05) is 0 Å². The molecule has 1 rings (SSSR count). The minimum atomic E-state index is -0.219. The highest BCUT2D eigenvalue weighted by Gasteiger charge is 2.04. The first-order valence-electron chi connectivity index (χ1n) is 5.60. The first-order valence-corrected chi connectivity index (χ1v) is 6.73. The van der Waals surface area contributed by atoms with Crippen molar-refractivity contribution in [2.75, 3.05) is 6.61 Å². The molecule has 0 aromatic heterocycles. The zero-order valence-corrected chi connectivity index (χ0v) is 11.4. The van der Waals surface area contributed by atoms with Crippen molar-refractivity contribution in [3.05, 3.63) is 29.6 Å². The highest BCUT2D eigenvalue weighted by Crippen LogP contribution is 2.22. The number of benzene rings is 1. The van der Waals surface area contributed by atoms with Crippen molar-refractivity contribution in [1.29, 1.82) is 0 Å². The second-order valence-corrected chi connectivity index (χ2v) is 4.83. The Kier molecular flexibility index (Phi) is 5.81. The zero-order chi connectivity index (χ0) is 12.0. The molecule has 16 heavy (non-hydrogen) atoms. The van der Waals surface area contributed by atoms with Gasteiger partial charge in [0.05, 0.1) is 6.61 Å². The van der Waals surface area contributed by atoms with Crippen molar-refractivity contribution >= 4 is 15.9 Å². The van der Waals surface area contributed by atoms with E-state index in [1.54, 1.807) is 6.07 Å². The molecule has 1 aromatic carbocycles. The Balaban J connectivity index is 2.47. The monoisotopic (exact) mass is 288 g/mol. The summed E-state index contributed by atoms with van der Waals surface area (Å²) in [5.74, 6) is 1.26. The minimum absolute atomic E-state index is 0.219. The fraction of sp³-hybridized carbons (Fsp3) is 0.538. The van der Waals surface area contributed by atoms with Crippen molar-refractivity contribution in [3.63, 3.8) is 0 Å². The molecule has 90 valence electrons. The van der Waals surface area contributed by atoms with Crippen LogP contribution in [0.15, 0.2) is 18.2 Å². The lowest BCUT2D eigenvalue weighted by molar-refractivity contribution is 0.295. The van der Waals surface area contributed by atoms with E-state index in [0.29, 0.717) is 17.9 Å². The highest BCUT2D eigenvalue weighted by molar-refractivity contribution is 9.08. The molecule has 3 heteroatoms. The largest absolute Gasteiger partial charge is 0.493 e. The van der Waals surface area contributed by atoms with Crippen molar-refractivity contribution in [3.8, 4) is 5.75 Å². The van der Waals surface area contributed by atoms with E-state index in [1.165, 1.54) is 12.1 Å². The van der Waals surface area contributed by atoms with Gasteiger partial charge < -0.3 is 4.74 Å². The molecule has 0 saturated heterocycles. The molecule has 1 aromatic rings. The Morgan fingerprint density at radius 2 is 2.12 bits per heavy atom. The number of rotatable bonds is 6. The Hall–Kier alpha value is -0.570. The number of hydrogen-bond donors (Lipinski definition) is 0. The number of alkyl halides is 1. The topological polar surface area (TPSA) is 9.23 Å². The van der Waals surface area contributed by atoms with E-state index in [0.717, 1.165) is 24.2 Å². The van der Waals surface area contributed by atoms with Gasteiger partial charge in [-0.05, 0) is 37.0 Å². The van der Waals surface area contributed by atoms with Crippen LogP contribution in [-0.2, 0) is 5.33 Å². The third-order valence-electron chi connectivity index (χ3n) is 2.35. The summed E-state index contributed by atoms with van der Waals surface area (Å²) < 4.78 is 18.6. The molecule has 0 fully saturated rings. The lowest BCUT2D eigenvalue weighted by Gasteiger charge is -2.10. The van der Waals surface area contributed by atoms with Crippen LogP contribution in [-0.4, -0.2) is 6.61 Å². The van der Waals surface area contributed by atoms with Crippen LogP contribution in [0.2, 0.25) is 0 Å². The van der Waals surface area contributed by atoms with E-state index < -0.39 is 0 Å². The molecule has 0 unspecified atom stereocenters. The maximum absolute atomic E-state index is 13.0. The standard InChI is InChI=1S/C13H18BrFO/c1-10(2)4-3-7-16-13-6-5-12(15)8-11(13)9-14/h5-6,8,10H,3-4,7,9H2,1-2H3. The molecule has 0 aliphatic heterocycles. The Bertz CT molecular complexity index is 326. The lowest BCUT2D eigenvalue weighted by atomic mass is 10.1. The average Bonchev–Trinajstić information content (AvgIpc) is 2.25. The van der Waals surface area contributed by atoms with E-state index in [4.69, 9.17) is 4.74 Å². The molecular weight excluding hydrogens is 271 g/mol. The first-order chi connectivity index (χ1) is 7.63. The average molecular weight is 289 g/mol. The van der Waals surface area contributed by atoms with Crippen LogP contribution in [0, 0.1) is 11.7 Å². The Morgan fingerprint density at radius 1 is 1.38 bits per heavy atom. The van der Waals surface area contributed by atoms with Crippen LogP contribution in [0.5, 0.6) is 5.75 Å². The SMILES string of the molecule is CC(C)CCCOc1ccc(F)cc1CBr. The smallest absolute Gasteiger partial charge is 0.123 e. The molecule has 0 heterocycles. The summed E-state index contributed by atoms with van der Waals surface area (Å²) in [7, 11) is 0. The zero-order valence-electron chi connectivity index (χ0n) is 9.80. The Labute approximate surface area is 105 Å². The van der Waals surface area contributed by atoms with E-state index in [9.17, 15) is 4.39 Å². The number of ether oxygens (including phenoxy) is 1. The van der Waals surface area contributed by atoms with Gasteiger partial charge in [-0.25, -0.2) is 4.39 Å². The van der Waals surface area contributed by atoms with Crippen molar-refractivity contribution in [2.45, 2.75) is 32.0 Å². The summed E-state index contributed by atoms with van der Waals surface area (Å²) in [4.78, 5) is 0. The fourth-order valence-electron chi connectivity index (χ4n) is 1.47. The van der Waals surface area contributed by atoms with Crippen LogP contribution in [0.1, 0.15) is 32.3 Å². The lowest BCUT2D eigenvalue weighted by Crippen LogP contribution is -2.01. The summed E-state index contributed by atoms with van der Waals surface area (Å²) in [5, 5.41) is 0.615. The third kappa shape index (κ3) is 4.52.